The molecule has 208 valence electrons. The fourth-order valence-corrected chi connectivity index (χ4v) is 2.42. The molecule has 1 rings (SSSR count). The van der Waals surface area contributed by atoms with Crippen LogP contribution in [-0.4, -0.2) is 80.2 Å². The van der Waals surface area contributed by atoms with E-state index < -0.39 is 53.8 Å². The number of ether oxygens (including phenoxy) is 8. The van der Waals surface area contributed by atoms with Gasteiger partial charge in [-0.25, -0.2) is 28.8 Å². The normalized spacial score (nSPS) is 13.2. The van der Waals surface area contributed by atoms with Gasteiger partial charge in [0.1, 0.15) is 12.5 Å². The Morgan fingerprint density at radius 3 is 1.08 bits per heavy atom. The highest BCUT2D eigenvalue weighted by molar-refractivity contribution is 6.08. The lowest BCUT2D eigenvalue weighted by molar-refractivity contribution is -0.228. The van der Waals surface area contributed by atoms with Crippen LogP contribution >= 0.6 is 0 Å². The smallest absolute Gasteiger partial charge is 0.452 e. The minimum Gasteiger partial charge on any atom is -0.463 e. The summed E-state index contributed by atoms with van der Waals surface area (Å²) in [7, 11) is 0. The lowest BCUT2D eigenvalue weighted by Crippen LogP contribution is -2.54. The van der Waals surface area contributed by atoms with Crippen molar-refractivity contribution in [3.05, 3.63) is 12.5 Å². The van der Waals surface area contributed by atoms with E-state index in [1.165, 1.54) is 0 Å². The van der Waals surface area contributed by atoms with Gasteiger partial charge in [-0.3, -0.25) is 0 Å². The quantitative estimate of drug-likeness (QED) is 0.155. The van der Waals surface area contributed by atoms with Crippen LogP contribution in [0.3, 0.4) is 0 Å². The highest BCUT2D eigenvalue weighted by Crippen LogP contribution is 2.26. The predicted molar refractivity (Wildman–Crippen MR) is 119 cm³/mol. The van der Waals surface area contributed by atoms with Gasteiger partial charge in [0.15, 0.2) is 0 Å². The van der Waals surface area contributed by atoms with Crippen molar-refractivity contribution in [2.24, 2.45) is 0 Å². The first kappa shape index (κ1) is 31.2. The van der Waals surface area contributed by atoms with Crippen molar-refractivity contribution in [2.45, 2.75) is 71.4 Å². The van der Waals surface area contributed by atoms with Gasteiger partial charge in [0.2, 0.25) is 0 Å². The molecule has 0 aliphatic carbocycles. The lowest BCUT2D eigenvalue weighted by atomic mass is 10.2. The van der Waals surface area contributed by atoms with E-state index in [2.05, 4.69) is 0 Å². The van der Waals surface area contributed by atoms with Gasteiger partial charge in [0, 0.05) is 0 Å². The number of rotatable bonds is 16. The lowest BCUT2D eigenvalue weighted by Gasteiger charge is -2.26. The predicted octanol–water partition coefficient (Wildman–Crippen LogP) is 0.837. The average molecular weight is 532 g/mol. The van der Waals surface area contributed by atoms with E-state index in [4.69, 9.17) is 37.9 Å². The van der Waals surface area contributed by atoms with Crippen LogP contribution in [0.1, 0.15) is 53.4 Å². The van der Waals surface area contributed by atoms with Crippen LogP contribution in [0.2, 0.25) is 0 Å². The standard InChI is InChI=1S/C23H32O14/c1-5-9-30-17(24)15(18(25)31-10-6-2)36-21(28)23(34-13-14-35-23)22(29)37-16(19(26)32-11-7-3)20(27)33-12-8-4/h13-16H,5-12H2,1-4H3. The molecule has 0 saturated heterocycles. The van der Waals surface area contributed by atoms with Gasteiger partial charge in [-0.05, 0) is 25.7 Å². The van der Waals surface area contributed by atoms with Gasteiger partial charge in [0.05, 0.1) is 26.4 Å². The van der Waals surface area contributed by atoms with E-state index >= 15 is 0 Å². The summed E-state index contributed by atoms with van der Waals surface area (Å²) in [6.07, 6.45) is -1.35. The highest BCUT2D eigenvalue weighted by Gasteiger charge is 2.59. The second-order valence-electron chi connectivity index (χ2n) is 7.37. The summed E-state index contributed by atoms with van der Waals surface area (Å²) in [5.41, 5.74) is 0. The van der Waals surface area contributed by atoms with Crippen molar-refractivity contribution >= 4 is 35.8 Å². The molecule has 0 fully saturated rings. The summed E-state index contributed by atoms with van der Waals surface area (Å²) < 4.78 is 39.1. The van der Waals surface area contributed by atoms with Crippen LogP contribution in [-0.2, 0) is 66.7 Å². The molecule has 1 heterocycles. The van der Waals surface area contributed by atoms with Crippen molar-refractivity contribution in [2.75, 3.05) is 26.4 Å². The third-order valence-electron chi connectivity index (χ3n) is 4.16. The van der Waals surface area contributed by atoms with Crippen LogP contribution < -0.4 is 0 Å². The van der Waals surface area contributed by atoms with Crippen LogP contribution in [0.5, 0.6) is 0 Å². The minimum absolute atomic E-state index is 0.100. The van der Waals surface area contributed by atoms with Crippen LogP contribution in [0.4, 0.5) is 0 Å². The molecular weight excluding hydrogens is 500 g/mol. The number of hydrogen-bond donors (Lipinski definition) is 0. The Bertz CT molecular complexity index is 740. The second kappa shape index (κ2) is 16.0. The van der Waals surface area contributed by atoms with E-state index in [1.54, 1.807) is 27.7 Å². The maximum atomic E-state index is 13.0. The Kier molecular flexibility index (Phi) is 13.5. The Hall–Kier alpha value is -3.84. The fourth-order valence-electron chi connectivity index (χ4n) is 2.42. The Labute approximate surface area is 213 Å². The van der Waals surface area contributed by atoms with Gasteiger partial charge in [-0.1, -0.05) is 27.7 Å². The third-order valence-corrected chi connectivity index (χ3v) is 4.16. The number of hydrogen-bond acceptors (Lipinski definition) is 14. The first-order valence-electron chi connectivity index (χ1n) is 11.8. The van der Waals surface area contributed by atoms with Gasteiger partial charge in [-0.15, -0.1) is 0 Å². The summed E-state index contributed by atoms with van der Waals surface area (Å²) in [6, 6.07) is 0. The van der Waals surface area contributed by atoms with E-state index in [-0.39, 0.29) is 26.4 Å². The van der Waals surface area contributed by atoms with Gasteiger partial charge in [-0.2, -0.15) is 0 Å². The molecule has 0 N–H and O–H groups in total. The van der Waals surface area contributed by atoms with Crippen molar-refractivity contribution in [1.29, 1.82) is 0 Å². The molecule has 1 aliphatic heterocycles. The Morgan fingerprint density at radius 2 is 0.838 bits per heavy atom. The molecule has 0 bridgehead atoms. The zero-order valence-electron chi connectivity index (χ0n) is 21.2. The number of carbonyl (C=O) groups is 6. The van der Waals surface area contributed by atoms with Gasteiger partial charge < -0.3 is 37.9 Å². The molecule has 1 aliphatic rings. The summed E-state index contributed by atoms with van der Waals surface area (Å²) in [5, 5.41) is 0. The molecule has 14 heteroatoms. The van der Waals surface area contributed by atoms with Crippen molar-refractivity contribution in [3.8, 4) is 0 Å². The molecule has 0 atom stereocenters. The fraction of sp³-hybridized carbons (Fsp3) is 0.652. The average Bonchev–Trinajstić information content (AvgIpc) is 3.40. The van der Waals surface area contributed by atoms with Gasteiger partial charge in [0.25, 0.3) is 12.2 Å². The van der Waals surface area contributed by atoms with Gasteiger partial charge >= 0.3 is 41.6 Å². The summed E-state index contributed by atoms with van der Waals surface area (Å²) in [5.74, 6) is -11.6. The molecule has 0 aromatic rings. The zero-order chi connectivity index (χ0) is 27.8. The maximum Gasteiger partial charge on any atom is 0.452 e. The van der Waals surface area contributed by atoms with E-state index in [1.807, 2.05) is 0 Å². The largest absolute Gasteiger partial charge is 0.463 e. The van der Waals surface area contributed by atoms with E-state index in [0.29, 0.717) is 25.7 Å². The molecule has 0 aromatic carbocycles. The molecule has 0 unspecified atom stereocenters. The Balaban J connectivity index is 3.18. The molecule has 0 saturated carbocycles. The second-order valence-corrected chi connectivity index (χ2v) is 7.37. The molecule has 0 radical (unpaired) electrons. The van der Waals surface area contributed by atoms with E-state index in [0.717, 1.165) is 12.5 Å². The first-order chi connectivity index (χ1) is 17.7. The van der Waals surface area contributed by atoms with Crippen molar-refractivity contribution in [1.82, 2.24) is 0 Å². The molecular formula is C23H32O14. The summed E-state index contributed by atoms with van der Waals surface area (Å²) in [4.78, 5) is 75.4. The summed E-state index contributed by atoms with van der Waals surface area (Å²) in [6.45, 7) is 6.35. The van der Waals surface area contributed by atoms with Crippen molar-refractivity contribution in [3.63, 3.8) is 0 Å². The molecule has 0 aromatic heterocycles. The van der Waals surface area contributed by atoms with Crippen LogP contribution in [0.15, 0.2) is 12.5 Å². The van der Waals surface area contributed by atoms with E-state index in [9.17, 15) is 28.8 Å². The molecule has 37 heavy (non-hydrogen) atoms. The SMILES string of the molecule is CCCOC(=O)C(OC(=O)C1(C(=O)OC(C(=O)OCCC)C(=O)OCCC)OC=CO1)C(=O)OCCC. The topological polar surface area (TPSA) is 176 Å². The molecule has 0 amide bonds. The van der Waals surface area contributed by atoms with Crippen molar-refractivity contribution < 1.29 is 66.7 Å². The summed E-state index contributed by atoms with van der Waals surface area (Å²) >= 11 is 0. The maximum absolute atomic E-state index is 13.0. The van der Waals surface area contributed by atoms with Crippen LogP contribution in [0, 0.1) is 0 Å². The molecule has 0 spiro atoms. The third kappa shape index (κ3) is 8.95. The Morgan fingerprint density at radius 1 is 0.568 bits per heavy atom. The monoisotopic (exact) mass is 532 g/mol. The minimum atomic E-state index is -3.07. The van der Waals surface area contributed by atoms with Crippen LogP contribution in [0.25, 0.3) is 0 Å². The molecule has 14 nitrogen and oxygen atoms in total. The number of carbonyl (C=O) groups excluding carboxylic acids is 6. The highest BCUT2D eigenvalue weighted by atomic mass is 16.8. The number of esters is 6. The zero-order valence-corrected chi connectivity index (χ0v) is 21.2. The first-order valence-corrected chi connectivity index (χ1v) is 11.8.